The summed E-state index contributed by atoms with van der Waals surface area (Å²) in [6.07, 6.45) is 8.33. The van der Waals surface area contributed by atoms with E-state index < -0.39 is 17.3 Å². The summed E-state index contributed by atoms with van der Waals surface area (Å²) < 4.78 is 22.7. The van der Waals surface area contributed by atoms with Gasteiger partial charge in [0.15, 0.2) is 5.78 Å². The normalized spacial score (nSPS) is 12.6. The molecular weight excluding hydrogens is 525 g/mol. The highest BCUT2D eigenvalue weighted by molar-refractivity contribution is 6.06. The van der Waals surface area contributed by atoms with Crippen molar-refractivity contribution in [2.24, 2.45) is 7.05 Å². The van der Waals surface area contributed by atoms with Gasteiger partial charge in [-0.25, -0.2) is 4.39 Å². The number of carbonyl (C=O) groups is 2. The third-order valence-corrected chi connectivity index (χ3v) is 6.89. The molecule has 0 saturated carbocycles. The molecular formula is C31H24FN5O4. The number of hydrogen-bond donors (Lipinski definition) is 1. The molecule has 10 heteroatoms. The lowest BCUT2D eigenvalue weighted by atomic mass is 9.92. The third-order valence-electron chi connectivity index (χ3n) is 6.89. The van der Waals surface area contributed by atoms with E-state index in [0.717, 1.165) is 11.1 Å². The van der Waals surface area contributed by atoms with Crippen molar-refractivity contribution in [3.8, 4) is 28.3 Å². The SMILES string of the molecule is Cn1cc(-c2cnccc2Oc2ccc(NC(=O)c3cc4c(n(-c5ccc(F)cc5)c3=O)CCCC4=O)cc2)cn1. The topological polar surface area (TPSA) is 108 Å². The molecule has 0 unspecified atom stereocenters. The van der Waals surface area contributed by atoms with Crippen LogP contribution in [-0.4, -0.2) is 31.0 Å². The summed E-state index contributed by atoms with van der Waals surface area (Å²) in [6.45, 7) is 0. The molecule has 0 spiro atoms. The lowest BCUT2D eigenvalue weighted by Crippen LogP contribution is -2.33. The Morgan fingerprint density at radius 2 is 1.76 bits per heavy atom. The number of rotatable bonds is 6. The molecule has 0 saturated heterocycles. The van der Waals surface area contributed by atoms with Gasteiger partial charge in [0, 0.05) is 65.8 Å². The minimum absolute atomic E-state index is 0.139. The Hall–Kier alpha value is -5.38. The van der Waals surface area contributed by atoms with E-state index in [4.69, 9.17) is 4.74 Å². The van der Waals surface area contributed by atoms with Crippen molar-refractivity contribution in [2.45, 2.75) is 19.3 Å². The maximum absolute atomic E-state index is 13.6. The quantitative estimate of drug-likeness (QED) is 0.307. The Labute approximate surface area is 233 Å². The summed E-state index contributed by atoms with van der Waals surface area (Å²) in [7, 11) is 1.83. The molecule has 9 nitrogen and oxygen atoms in total. The Morgan fingerprint density at radius 3 is 2.49 bits per heavy atom. The number of ketones is 1. The van der Waals surface area contributed by atoms with Crippen LogP contribution in [0.5, 0.6) is 11.5 Å². The number of nitrogens with zero attached hydrogens (tertiary/aromatic N) is 4. The number of pyridine rings is 2. The molecule has 3 heterocycles. The van der Waals surface area contributed by atoms with Gasteiger partial charge in [0.2, 0.25) is 0 Å². The van der Waals surface area contributed by atoms with E-state index in [0.29, 0.717) is 53.4 Å². The Kier molecular flexibility index (Phi) is 6.72. The molecule has 6 rings (SSSR count). The number of nitrogens with one attached hydrogen (secondary N) is 1. The van der Waals surface area contributed by atoms with Crippen LogP contribution < -0.4 is 15.6 Å². The number of amides is 1. The van der Waals surface area contributed by atoms with Crippen molar-refractivity contribution in [3.63, 3.8) is 0 Å². The molecule has 1 N–H and O–H groups in total. The zero-order valence-electron chi connectivity index (χ0n) is 22.0. The standard InChI is InChI=1S/C31H24FN5O4/c1-36-18-19(16-34-36)26-17-33-14-13-29(26)41-23-11-7-21(8-12-23)35-30(39)25-15-24-27(3-2-4-28(24)38)37(31(25)40)22-9-5-20(32)6-10-22/h5-18H,2-4H2,1H3,(H,35,39). The summed E-state index contributed by atoms with van der Waals surface area (Å²) in [5, 5.41) is 6.94. The van der Waals surface area contributed by atoms with E-state index in [1.807, 2.05) is 13.2 Å². The molecule has 204 valence electrons. The first-order valence-corrected chi connectivity index (χ1v) is 13.0. The Balaban J connectivity index is 1.27. The third kappa shape index (κ3) is 5.14. The predicted octanol–water partition coefficient (Wildman–Crippen LogP) is 5.34. The number of benzene rings is 2. The van der Waals surface area contributed by atoms with Crippen molar-refractivity contribution >= 4 is 17.4 Å². The average Bonchev–Trinajstić information content (AvgIpc) is 3.41. The van der Waals surface area contributed by atoms with Crippen LogP contribution in [-0.2, 0) is 13.5 Å². The molecule has 0 atom stereocenters. The van der Waals surface area contributed by atoms with Gasteiger partial charge in [-0.1, -0.05) is 0 Å². The van der Waals surface area contributed by atoms with Gasteiger partial charge in [0.05, 0.1) is 6.20 Å². The van der Waals surface area contributed by atoms with Crippen molar-refractivity contribution in [2.75, 3.05) is 5.32 Å². The minimum Gasteiger partial charge on any atom is -0.457 e. The van der Waals surface area contributed by atoms with Gasteiger partial charge < -0.3 is 10.1 Å². The lowest BCUT2D eigenvalue weighted by molar-refractivity contribution is 0.0971. The lowest BCUT2D eigenvalue weighted by Gasteiger charge is -2.21. The van der Waals surface area contributed by atoms with Gasteiger partial charge in [-0.15, -0.1) is 0 Å². The molecule has 5 aromatic rings. The maximum Gasteiger partial charge on any atom is 0.268 e. The molecule has 3 aromatic heterocycles. The summed E-state index contributed by atoms with van der Waals surface area (Å²) in [5.74, 6) is -0.138. The van der Waals surface area contributed by atoms with E-state index in [1.54, 1.807) is 53.6 Å². The van der Waals surface area contributed by atoms with E-state index in [1.165, 1.54) is 34.9 Å². The van der Waals surface area contributed by atoms with E-state index >= 15 is 0 Å². The first-order chi connectivity index (χ1) is 19.9. The number of halogens is 1. The largest absolute Gasteiger partial charge is 0.457 e. The monoisotopic (exact) mass is 549 g/mol. The van der Waals surface area contributed by atoms with Gasteiger partial charge in [0.1, 0.15) is 22.9 Å². The number of Topliss-reactive ketones (excluding diaryl/α,β-unsaturated/α-hetero) is 1. The number of anilines is 1. The number of aromatic nitrogens is 4. The summed E-state index contributed by atoms with van der Waals surface area (Å²) in [6, 6.07) is 15.2. The molecule has 1 amide bonds. The second-order valence-corrected chi connectivity index (χ2v) is 9.67. The van der Waals surface area contributed by atoms with Gasteiger partial charge in [-0.05, 0) is 73.5 Å². The molecule has 0 fully saturated rings. The van der Waals surface area contributed by atoms with Crippen LogP contribution in [0.4, 0.5) is 10.1 Å². The first kappa shape index (κ1) is 25.9. The Bertz CT molecular complexity index is 1840. The molecule has 1 aliphatic carbocycles. The van der Waals surface area contributed by atoms with Crippen molar-refractivity contribution in [1.82, 2.24) is 19.3 Å². The number of aryl methyl sites for hydroxylation is 1. The van der Waals surface area contributed by atoms with Crippen LogP contribution >= 0.6 is 0 Å². The van der Waals surface area contributed by atoms with Crippen LogP contribution in [0.25, 0.3) is 16.8 Å². The summed E-state index contributed by atoms with van der Waals surface area (Å²) >= 11 is 0. The molecule has 41 heavy (non-hydrogen) atoms. The fraction of sp³-hybridized carbons (Fsp3) is 0.129. The van der Waals surface area contributed by atoms with Crippen LogP contribution in [0, 0.1) is 5.82 Å². The molecule has 1 aliphatic rings. The molecule has 0 radical (unpaired) electrons. The van der Waals surface area contributed by atoms with Crippen LogP contribution in [0.1, 0.15) is 39.3 Å². The fourth-order valence-electron chi connectivity index (χ4n) is 4.90. The second kappa shape index (κ2) is 10.6. The van der Waals surface area contributed by atoms with Crippen LogP contribution in [0.2, 0.25) is 0 Å². The van der Waals surface area contributed by atoms with E-state index in [-0.39, 0.29) is 11.3 Å². The molecule has 0 bridgehead atoms. The summed E-state index contributed by atoms with van der Waals surface area (Å²) in [4.78, 5) is 43.8. The van der Waals surface area contributed by atoms with Crippen molar-refractivity contribution in [3.05, 3.63) is 118 Å². The zero-order chi connectivity index (χ0) is 28.5. The smallest absolute Gasteiger partial charge is 0.268 e. The fourth-order valence-corrected chi connectivity index (χ4v) is 4.90. The van der Waals surface area contributed by atoms with Gasteiger partial charge in [-0.3, -0.25) is 28.6 Å². The van der Waals surface area contributed by atoms with Crippen molar-refractivity contribution in [1.29, 1.82) is 0 Å². The maximum atomic E-state index is 13.6. The van der Waals surface area contributed by atoms with E-state index in [2.05, 4.69) is 15.4 Å². The number of hydrogen-bond acceptors (Lipinski definition) is 6. The first-order valence-electron chi connectivity index (χ1n) is 13.0. The van der Waals surface area contributed by atoms with Crippen molar-refractivity contribution < 1.29 is 18.7 Å². The average molecular weight is 550 g/mol. The zero-order valence-corrected chi connectivity index (χ0v) is 22.0. The minimum atomic E-state index is -0.659. The van der Waals surface area contributed by atoms with E-state index in [9.17, 15) is 18.8 Å². The van der Waals surface area contributed by atoms with Gasteiger partial charge in [-0.2, -0.15) is 5.10 Å². The summed E-state index contributed by atoms with van der Waals surface area (Å²) in [5.41, 5.74) is 2.55. The molecule has 2 aromatic carbocycles. The van der Waals surface area contributed by atoms with Crippen LogP contribution in [0.3, 0.4) is 0 Å². The highest BCUT2D eigenvalue weighted by atomic mass is 19.1. The highest BCUT2D eigenvalue weighted by Crippen LogP contribution is 2.32. The van der Waals surface area contributed by atoms with Crippen LogP contribution in [0.15, 0.2) is 90.2 Å². The second-order valence-electron chi connectivity index (χ2n) is 9.67. The highest BCUT2D eigenvalue weighted by Gasteiger charge is 2.26. The van der Waals surface area contributed by atoms with Gasteiger partial charge >= 0.3 is 0 Å². The number of ether oxygens (including phenoxy) is 1. The van der Waals surface area contributed by atoms with Gasteiger partial charge in [0.25, 0.3) is 11.5 Å². The number of fused-ring (bicyclic) bond motifs is 1. The Morgan fingerprint density at radius 1 is 0.976 bits per heavy atom. The number of carbonyl (C=O) groups excluding carboxylic acids is 2. The molecule has 0 aliphatic heterocycles. The predicted molar refractivity (Wildman–Crippen MR) is 150 cm³/mol.